The van der Waals surface area contributed by atoms with E-state index in [-0.39, 0.29) is 5.92 Å². The van der Waals surface area contributed by atoms with Crippen molar-refractivity contribution in [3.05, 3.63) is 35.9 Å². The van der Waals surface area contributed by atoms with E-state index in [4.69, 9.17) is 5.73 Å². The van der Waals surface area contributed by atoms with Gasteiger partial charge in [0, 0.05) is 6.42 Å². The van der Waals surface area contributed by atoms with Crippen molar-refractivity contribution < 1.29 is 5.11 Å². The number of aliphatic hydroxyl groups is 1. The minimum atomic E-state index is -0.671. The molecule has 1 aromatic carbocycles. The Morgan fingerprint density at radius 3 is 2.40 bits per heavy atom. The van der Waals surface area contributed by atoms with Crippen LogP contribution in [0.3, 0.4) is 0 Å². The third-order valence-corrected chi connectivity index (χ3v) is 3.24. The Morgan fingerprint density at radius 2 is 1.93 bits per heavy atom. The van der Waals surface area contributed by atoms with E-state index in [0.29, 0.717) is 13.0 Å². The van der Waals surface area contributed by atoms with Crippen molar-refractivity contribution in [1.29, 1.82) is 0 Å². The van der Waals surface area contributed by atoms with Gasteiger partial charge in [0.25, 0.3) is 0 Å². The van der Waals surface area contributed by atoms with Crippen LogP contribution in [0, 0.1) is 5.92 Å². The Morgan fingerprint density at radius 1 is 1.33 bits per heavy atom. The lowest BCUT2D eigenvalue weighted by atomic mass is 9.81. The molecule has 2 atom stereocenters. The number of rotatable bonds is 5. The zero-order valence-electron chi connectivity index (χ0n) is 9.61. The Labute approximate surface area is 92.1 Å². The van der Waals surface area contributed by atoms with Crippen molar-refractivity contribution in [2.24, 2.45) is 11.7 Å². The monoisotopic (exact) mass is 207 g/mol. The van der Waals surface area contributed by atoms with Crippen LogP contribution in [0.5, 0.6) is 0 Å². The Bertz CT molecular complexity index is 286. The lowest BCUT2D eigenvalue weighted by Gasteiger charge is -2.32. The van der Waals surface area contributed by atoms with E-state index in [1.165, 1.54) is 5.56 Å². The van der Waals surface area contributed by atoms with Crippen LogP contribution < -0.4 is 5.73 Å². The third kappa shape index (κ3) is 3.05. The van der Waals surface area contributed by atoms with Crippen LogP contribution in [0.2, 0.25) is 0 Å². The Kier molecular flexibility index (Phi) is 4.30. The Hall–Kier alpha value is -0.860. The summed E-state index contributed by atoms with van der Waals surface area (Å²) in [6.45, 7) is 4.54. The topological polar surface area (TPSA) is 46.2 Å². The molecule has 0 saturated carbocycles. The first-order valence-corrected chi connectivity index (χ1v) is 5.58. The van der Waals surface area contributed by atoms with Gasteiger partial charge in [0.05, 0.1) is 5.60 Å². The molecule has 0 aliphatic heterocycles. The molecule has 3 N–H and O–H groups in total. The zero-order chi connectivity index (χ0) is 11.3. The first-order valence-electron chi connectivity index (χ1n) is 5.58. The van der Waals surface area contributed by atoms with E-state index in [0.717, 1.165) is 6.42 Å². The van der Waals surface area contributed by atoms with Gasteiger partial charge in [-0.25, -0.2) is 0 Å². The second-order valence-electron chi connectivity index (χ2n) is 4.26. The summed E-state index contributed by atoms with van der Waals surface area (Å²) in [5, 5.41) is 10.5. The molecule has 2 unspecified atom stereocenters. The predicted octanol–water partition coefficient (Wildman–Crippen LogP) is 1.97. The van der Waals surface area contributed by atoms with Gasteiger partial charge in [0.2, 0.25) is 0 Å². The molecule has 0 aliphatic carbocycles. The molecule has 0 amide bonds. The van der Waals surface area contributed by atoms with Crippen LogP contribution in [0.15, 0.2) is 30.3 Å². The highest BCUT2D eigenvalue weighted by atomic mass is 16.3. The van der Waals surface area contributed by atoms with Gasteiger partial charge in [-0.1, -0.05) is 44.2 Å². The first-order chi connectivity index (χ1) is 7.12. The van der Waals surface area contributed by atoms with Gasteiger partial charge in [0.15, 0.2) is 0 Å². The number of benzene rings is 1. The molecule has 0 radical (unpaired) electrons. The minimum Gasteiger partial charge on any atom is -0.389 e. The van der Waals surface area contributed by atoms with E-state index in [1.54, 1.807) is 0 Å². The van der Waals surface area contributed by atoms with Crippen LogP contribution in [0.1, 0.15) is 25.8 Å². The summed E-state index contributed by atoms with van der Waals surface area (Å²) in [5.41, 5.74) is 6.13. The average molecular weight is 207 g/mol. The standard InChI is InChI=1S/C13H21NO/c1-3-13(15,11(2)10-14)9-12-7-5-4-6-8-12/h4-8,11,15H,3,9-10,14H2,1-2H3. The van der Waals surface area contributed by atoms with Gasteiger partial charge in [-0.15, -0.1) is 0 Å². The molecule has 2 heteroatoms. The summed E-state index contributed by atoms with van der Waals surface area (Å²) in [6, 6.07) is 10.1. The maximum atomic E-state index is 10.5. The van der Waals surface area contributed by atoms with Gasteiger partial charge in [-0.2, -0.15) is 0 Å². The summed E-state index contributed by atoms with van der Waals surface area (Å²) in [5.74, 6) is 0.128. The summed E-state index contributed by atoms with van der Waals surface area (Å²) in [4.78, 5) is 0. The fourth-order valence-electron chi connectivity index (χ4n) is 1.82. The quantitative estimate of drug-likeness (QED) is 0.775. The SMILES string of the molecule is CCC(O)(Cc1ccccc1)C(C)CN. The average Bonchev–Trinajstić information content (AvgIpc) is 2.29. The van der Waals surface area contributed by atoms with Gasteiger partial charge >= 0.3 is 0 Å². The molecular weight excluding hydrogens is 186 g/mol. The van der Waals surface area contributed by atoms with Crippen molar-refractivity contribution in [3.8, 4) is 0 Å². The van der Waals surface area contributed by atoms with E-state index in [9.17, 15) is 5.11 Å². The molecule has 0 aromatic heterocycles. The molecule has 2 nitrogen and oxygen atoms in total. The molecule has 15 heavy (non-hydrogen) atoms. The van der Waals surface area contributed by atoms with Crippen molar-refractivity contribution in [1.82, 2.24) is 0 Å². The second-order valence-corrected chi connectivity index (χ2v) is 4.26. The fourth-order valence-corrected chi connectivity index (χ4v) is 1.82. The van der Waals surface area contributed by atoms with Gasteiger partial charge in [-0.05, 0) is 24.4 Å². The predicted molar refractivity (Wildman–Crippen MR) is 63.6 cm³/mol. The molecule has 1 rings (SSSR count). The van der Waals surface area contributed by atoms with Crippen LogP contribution in [-0.4, -0.2) is 17.3 Å². The van der Waals surface area contributed by atoms with Crippen LogP contribution >= 0.6 is 0 Å². The highest BCUT2D eigenvalue weighted by Crippen LogP contribution is 2.25. The molecule has 0 heterocycles. The summed E-state index contributed by atoms with van der Waals surface area (Å²) < 4.78 is 0. The van der Waals surface area contributed by atoms with E-state index in [2.05, 4.69) is 0 Å². The second kappa shape index (κ2) is 5.29. The zero-order valence-corrected chi connectivity index (χ0v) is 9.61. The number of hydrogen-bond donors (Lipinski definition) is 2. The lowest BCUT2D eigenvalue weighted by molar-refractivity contribution is -0.0118. The first kappa shape index (κ1) is 12.2. The van der Waals surface area contributed by atoms with Gasteiger partial charge in [-0.3, -0.25) is 0 Å². The molecule has 0 spiro atoms. The fraction of sp³-hybridized carbons (Fsp3) is 0.538. The van der Waals surface area contributed by atoms with Crippen LogP contribution in [0.25, 0.3) is 0 Å². The maximum absolute atomic E-state index is 10.5. The summed E-state index contributed by atoms with van der Waals surface area (Å²) >= 11 is 0. The molecule has 1 aromatic rings. The van der Waals surface area contributed by atoms with Crippen molar-refractivity contribution in [2.45, 2.75) is 32.3 Å². The highest BCUT2D eigenvalue weighted by molar-refractivity contribution is 5.17. The molecule has 0 bridgehead atoms. The smallest absolute Gasteiger partial charge is 0.0722 e. The summed E-state index contributed by atoms with van der Waals surface area (Å²) in [7, 11) is 0. The lowest BCUT2D eigenvalue weighted by Crippen LogP contribution is -2.41. The van der Waals surface area contributed by atoms with Crippen molar-refractivity contribution in [3.63, 3.8) is 0 Å². The third-order valence-electron chi connectivity index (χ3n) is 3.24. The van der Waals surface area contributed by atoms with E-state index in [1.807, 2.05) is 44.2 Å². The Balaban J connectivity index is 2.77. The van der Waals surface area contributed by atoms with Crippen LogP contribution in [0.4, 0.5) is 0 Å². The number of nitrogens with two attached hydrogens (primary N) is 1. The minimum absolute atomic E-state index is 0.128. The molecule has 0 saturated heterocycles. The van der Waals surface area contributed by atoms with Crippen LogP contribution in [-0.2, 0) is 6.42 Å². The molecule has 0 fully saturated rings. The number of hydrogen-bond acceptors (Lipinski definition) is 2. The molecule has 0 aliphatic rings. The largest absolute Gasteiger partial charge is 0.389 e. The normalized spacial score (nSPS) is 17.1. The highest BCUT2D eigenvalue weighted by Gasteiger charge is 2.30. The van der Waals surface area contributed by atoms with E-state index < -0.39 is 5.60 Å². The molecule has 84 valence electrons. The summed E-state index contributed by atoms with van der Waals surface area (Å²) in [6.07, 6.45) is 1.42. The molecular formula is C13H21NO. The van der Waals surface area contributed by atoms with Gasteiger partial charge in [0.1, 0.15) is 0 Å². The maximum Gasteiger partial charge on any atom is 0.0722 e. The van der Waals surface area contributed by atoms with E-state index >= 15 is 0 Å². The van der Waals surface area contributed by atoms with Crippen molar-refractivity contribution in [2.75, 3.05) is 6.54 Å². The van der Waals surface area contributed by atoms with Gasteiger partial charge < -0.3 is 10.8 Å². The van der Waals surface area contributed by atoms with Crippen molar-refractivity contribution >= 4 is 0 Å².